The molecule has 0 bridgehead atoms. The van der Waals surface area contributed by atoms with E-state index in [9.17, 15) is 4.79 Å². The van der Waals surface area contributed by atoms with Crippen molar-refractivity contribution in [1.29, 1.82) is 0 Å². The van der Waals surface area contributed by atoms with Gasteiger partial charge in [-0.2, -0.15) is 0 Å². The Morgan fingerprint density at radius 1 is 1.25 bits per heavy atom. The third-order valence-corrected chi connectivity index (χ3v) is 3.20. The second-order valence-corrected chi connectivity index (χ2v) is 5.21. The summed E-state index contributed by atoms with van der Waals surface area (Å²) in [5.74, 6) is 1.45. The molecule has 7 nitrogen and oxygen atoms in total. The highest BCUT2D eigenvalue weighted by molar-refractivity contribution is 5.95. The van der Waals surface area contributed by atoms with Crippen molar-refractivity contribution in [1.82, 2.24) is 5.16 Å². The molecule has 1 aromatic carbocycles. The quantitative estimate of drug-likeness (QED) is 0.771. The molecule has 0 aliphatic carbocycles. The maximum atomic E-state index is 12.3. The molecule has 1 heterocycles. The normalized spacial score (nSPS) is 11.7. The Morgan fingerprint density at radius 2 is 2.00 bits per heavy atom. The Kier molecular flexibility index (Phi) is 6.06. The number of benzene rings is 1. The van der Waals surface area contributed by atoms with E-state index in [1.54, 1.807) is 19.9 Å². The van der Waals surface area contributed by atoms with Crippen molar-refractivity contribution in [2.24, 2.45) is 0 Å². The third kappa shape index (κ3) is 4.65. The van der Waals surface area contributed by atoms with Crippen LogP contribution in [0.15, 0.2) is 28.8 Å². The molecule has 1 atom stereocenters. The molecular formula is C17H23N3O4. The number of ether oxygens (including phenoxy) is 2. The van der Waals surface area contributed by atoms with E-state index in [0.717, 1.165) is 0 Å². The fraction of sp³-hybridized carbons (Fsp3) is 0.412. The SMILES string of the molecule is CCOc1ccc(OCC)c(NC(C)C(=O)Nc2cc(C)no2)c1. The van der Waals surface area contributed by atoms with E-state index < -0.39 is 6.04 Å². The van der Waals surface area contributed by atoms with Gasteiger partial charge in [0.2, 0.25) is 11.8 Å². The summed E-state index contributed by atoms with van der Waals surface area (Å²) in [4.78, 5) is 12.3. The molecule has 1 unspecified atom stereocenters. The number of nitrogens with zero attached hydrogens (tertiary/aromatic N) is 1. The number of rotatable bonds is 8. The highest BCUT2D eigenvalue weighted by Gasteiger charge is 2.17. The van der Waals surface area contributed by atoms with Crippen molar-refractivity contribution >= 4 is 17.5 Å². The molecule has 0 saturated heterocycles. The smallest absolute Gasteiger partial charge is 0.248 e. The van der Waals surface area contributed by atoms with Crippen LogP contribution in [0.25, 0.3) is 0 Å². The molecule has 2 N–H and O–H groups in total. The molecule has 2 aromatic rings. The lowest BCUT2D eigenvalue weighted by atomic mass is 10.2. The van der Waals surface area contributed by atoms with Gasteiger partial charge in [-0.05, 0) is 39.8 Å². The molecule has 130 valence electrons. The van der Waals surface area contributed by atoms with E-state index in [-0.39, 0.29) is 5.91 Å². The average molecular weight is 333 g/mol. The van der Waals surface area contributed by atoms with Crippen LogP contribution in [0.4, 0.5) is 11.6 Å². The van der Waals surface area contributed by atoms with Gasteiger partial charge in [-0.1, -0.05) is 5.16 Å². The molecule has 0 aliphatic heterocycles. The van der Waals surface area contributed by atoms with Crippen molar-refractivity contribution in [3.63, 3.8) is 0 Å². The monoisotopic (exact) mass is 333 g/mol. The fourth-order valence-electron chi connectivity index (χ4n) is 2.11. The predicted molar refractivity (Wildman–Crippen MR) is 91.7 cm³/mol. The van der Waals surface area contributed by atoms with E-state index in [1.165, 1.54) is 0 Å². The summed E-state index contributed by atoms with van der Waals surface area (Å²) in [7, 11) is 0. The molecule has 0 radical (unpaired) electrons. The number of aryl methyl sites for hydroxylation is 1. The first-order chi connectivity index (χ1) is 11.5. The van der Waals surface area contributed by atoms with Gasteiger partial charge < -0.3 is 19.3 Å². The number of carbonyl (C=O) groups is 1. The zero-order chi connectivity index (χ0) is 17.5. The second kappa shape index (κ2) is 8.24. The number of aromatic nitrogens is 1. The first kappa shape index (κ1) is 17.7. The molecule has 1 amide bonds. The largest absolute Gasteiger partial charge is 0.494 e. The van der Waals surface area contributed by atoms with Gasteiger partial charge in [-0.25, -0.2) is 0 Å². The van der Waals surface area contributed by atoms with Crippen LogP contribution in [-0.4, -0.2) is 30.3 Å². The molecular weight excluding hydrogens is 310 g/mol. The van der Waals surface area contributed by atoms with Crippen molar-refractivity contribution in [2.45, 2.75) is 33.7 Å². The van der Waals surface area contributed by atoms with Gasteiger partial charge in [0.05, 0.1) is 24.6 Å². The molecule has 24 heavy (non-hydrogen) atoms. The van der Waals surface area contributed by atoms with Crippen LogP contribution < -0.4 is 20.1 Å². The number of hydrogen-bond donors (Lipinski definition) is 2. The van der Waals surface area contributed by atoms with Gasteiger partial charge in [-0.15, -0.1) is 0 Å². The minimum atomic E-state index is -0.508. The van der Waals surface area contributed by atoms with E-state index in [2.05, 4.69) is 15.8 Å². The highest BCUT2D eigenvalue weighted by Crippen LogP contribution is 2.30. The lowest BCUT2D eigenvalue weighted by Crippen LogP contribution is -2.31. The lowest BCUT2D eigenvalue weighted by molar-refractivity contribution is -0.116. The minimum Gasteiger partial charge on any atom is -0.494 e. The second-order valence-electron chi connectivity index (χ2n) is 5.21. The van der Waals surface area contributed by atoms with Gasteiger partial charge in [0, 0.05) is 12.1 Å². The Bertz CT molecular complexity index is 684. The van der Waals surface area contributed by atoms with Crippen LogP contribution in [0.5, 0.6) is 11.5 Å². The Morgan fingerprint density at radius 3 is 2.62 bits per heavy atom. The minimum absolute atomic E-state index is 0.240. The van der Waals surface area contributed by atoms with Crippen LogP contribution in [0.1, 0.15) is 26.5 Å². The summed E-state index contributed by atoms with van der Waals surface area (Å²) in [6.45, 7) is 8.45. The summed E-state index contributed by atoms with van der Waals surface area (Å²) < 4.78 is 16.1. The van der Waals surface area contributed by atoms with Gasteiger partial charge >= 0.3 is 0 Å². The van der Waals surface area contributed by atoms with E-state index in [1.807, 2.05) is 32.0 Å². The predicted octanol–water partition coefficient (Wildman–Crippen LogP) is 3.22. The van der Waals surface area contributed by atoms with Gasteiger partial charge in [0.25, 0.3) is 0 Å². The first-order valence-corrected chi connectivity index (χ1v) is 7.93. The Balaban J connectivity index is 2.09. The Hall–Kier alpha value is -2.70. The Labute approximate surface area is 141 Å². The molecule has 0 aliphatic rings. The van der Waals surface area contributed by atoms with Crippen LogP contribution in [-0.2, 0) is 4.79 Å². The first-order valence-electron chi connectivity index (χ1n) is 7.93. The molecule has 1 aromatic heterocycles. The van der Waals surface area contributed by atoms with Crippen molar-refractivity contribution in [2.75, 3.05) is 23.8 Å². The van der Waals surface area contributed by atoms with Crippen molar-refractivity contribution in [3.8, 4) is 11.5 Å². The van der Waals surface area contributed by atoms with Crippen LogP contribution in [0, 0.1) is 6.92 Å². The molecule has 2 rings (SSSR count). The zero-order valence-corrected chi connectivity index (χ0v) is 14.4. The lowest BCUT2D eigenvalue weighted by Gasteiger charge is -2.18. The topological polar surface area (TPSA) is 85.6 Å². The summed E-state index contributed by atoms with van der Waals surface area (Å²) in [6.07, 6.45) is 0. The standard InChI is InChI=1S/C17H23N3O4/c1-5-22-13-7-8-15(23-6-2)14(10-13)18-12(4)17(21)19-16-9-11(3)20-24-16/h7-10,12,18H,5-6H2,1-4H3,(H,19,21). The van der Waals surface area contributed by atoms with E-state index in [0.29, 0.717) is 42.0 Å². The van der Waals surface area contributed by atoms with Crippen LogP contribution >= 0.6 is 0 Å². The summed E-state index contributed by atoms with van der Waals surface area (Å²) in [5.41, 5.74) is 1.40. The van der Waals surface area contributed by atoms with Crippen molar-refractivity contribution < 1.29 is 18.8 Å². The number of amides is 1. The van der Waals surface area contributed by atoms with Gasteiger partial charge in [0.15, 0.2) is 0 Å². The highest BCUT2D eigenvalue weighted by atomic mass is 16.5. The molecule has 0 fully saturated rings. The fourth-order valence-corrected chi connectivity index (χ4v) is 2.11. The number of carbonyl (C=O) groups excluding carboxylic acids is 1. The summed E-state index contributed by atoms with van der Waals surface area (Å²) >= 11 is 0. The van der Waals surface area contributed by atoms with E-state index >= 15 is 0 Å². The molecule has 7 heteroatoms. The van der Waals surface area contributed by atoms with Gasteiger partial charge in [0.1, 0.15) is 17.5 Å². The van der Waals surface area contributed by atoms with Gasteiger partial charge in [-0.3, -0.25) is 10.1 Å². The average Bonchev–Trinajstić information content (AvgIpc) is 2.95. The van der Waals surface area contributed by atoms with E-state index in [4.69, 9.17) is 14.0 Å². The zero-order valence-electron chi connectivity index (χ0n) is 14.4. The third-order valence-electron chi connectivity index (χ3n) is 3.20. The number of hydrogen-bond acceptors (Lipinski definition) is 6. The maximum absolute atomic E-state index is 12.3. The van der Waals surface area contributed by atoms with Crippen LogP contribution in [0.3, 0.4) is 0 Å². The number of anilines is 2. The maximum Gasteiger partial charge on any atom is 0.248 e. The molecule has 0 spiro atoms. The summed E-state index contributed by atoms with van der Waals surface area (Å²) in [5, 5.41) is 9.55. The van der Waals surface area contributed by atoms with Crippen LogP contribution in [0.2, 0.25) is 0 Å². The van der Waals surface area contributed by atoms with Crippen molar-refractivity contribution in [3.05, 3.63) is 30.0 Å². The molecule has 0 saturated carbocycles. The summed E-state index contributed by atoms with van der Waals surface area (Å²) in [6, 6.07) is 6.62. The number of nitrogens with one attached hydrogen (secondary N) is 2.